The first-order valence-electron chi connectivity index (χ1n) is 12.8. The van der Waals surface area contributed by atoms with Crippen LogP contribution in [-0.4, -0.2) is 59.6 Å². The molecule has 1 fully saturated rings. The number of aromatic amines is 1. The second-order valence-electron chi connectivity index (χ2n) is 9.36. The molecule has 39 heavy (non-hydrogen) atoms. The summed E-state index contributed by atoms with van der Waals surface area (Å²) in [6, 6.07) is 14.9. The lowest BCUT2D eigenvalue weighted by atomic mass is 10.00. The van der Waals surface area contributed by atoms with Crippen molar-refractivity contribution in [3.05, 3.63) is 94.9 Å². The van der Waals surface area contributed by atoms with E-state index in [0.29, 0.717) is 30.8 Å². The topological polar surface area (TPSA) is 125 Å². The van der Waals surface area contributed by atoms with E-state index < -0.39 is 11.6 Å². The van der Waals surface area contributed by atoms with Gasteiger partial charge in [0.05, 0.1) is 30.4 Å². The minimum atomic E-state index is -0.665. The number of nitrogens with zero attached hydrogens (tertiary/aromatic N) is 1. The third kappa shape index (κ3) is 5.65. The number of aromatic nitrogens is 2. The van der Waals surface area contributed by atoms with Gasteiger partial charge in [-0.3, -0.25) is 19.5 Å². The Balaban J connectivity index is 1.23. The molecule has 2 atom stereocenters. The summed E-state index contributed by atoms with van der Waals surface area (Å²) in [5.74, 6) is -1.59. The molecular formula is C29H28FN5O4. The van der Waals surface area contributed by atoms with Crippen LogP contribution in [0.25, 0.3) is 10.9 Å². The highest BCUT2D eigenvalue weighted by atomic mass is 19.1. The van der Waals surface area contributed by atoms with E-state index >= 15 is 0 Å². The molecule has 1 saturated heterocycles. The molecule has 4 N–H and O–H groups in total. The van der Waals surface area contributed by atoms with Crippen LogP contribution in [0, 0.1) is 5.82 Å². The van der Waals surface area contributed by atoms with Crippen molar-refractivity contribution in [3.63, 3.8) is 0 Å². The Hall–Kier alpha value is -4.57. The molecule has 10 heteroatoms. The fourth-order valence-electron chi connectivity index (χ4n) is 4.54. The predicted molar refractivity (Wildman–Crippen MR) is 144 cm³/mol. The number of ether oxygens (including phenoxy) is 1. The van der Waals surface area contributed by atoms with Gasteiger partial charge in [0.2, 0.25) is 0 Å². The molecule has 0 saturated carbocycles. The van der Waals surface area contributed by atoms with Crippen LogP contribution >= 0.6 is 0 Å². The zero-order valence-corrected chi connectivity index (χ0v) is 21.3. The zero-order valence-electron chi connectivity index (χ0n) is 21.3. The first-order valence-corrected chi connectivity index (χ1v) is 12.8. The molecule has 2 heterocycles. The van der Waals surface area contributed by atoms with Crippen molar-refractivity contribution < 1.29 is 23.5 Å². The lowest BCUT2D eigenvalue weighted by molar-refractivity contribution is 0.0896. The van der Waals surface area contributed by atoms with Crippen LogP contribution < -0.4 is 20.7 Å². The number of carbonyl (C=O) groups excluding carboxylic acids is 3. The Morgan fingerprint density at radius 2 is 1.62 bits per heavy atom. The van der Waals surface area contributed by atoms with Crippen LogP contribution in [0.3, 0.4) is 0 Å². The first kappa shape index (κ1) is 26.1. The van der Waals surface area contributed by atoms with Crippen LogP contribution in [0.4, 0.5) is 4.39 Å². The Labute approximate surface area is 224 Å². The SMILES string of the molecule is CCCOc1cccc(F)c1C(=O)c1ccc(C(=O)N[C@@H]2CNC[C@H]2NC(=O)c2ccc3[nH]ncc3c2)cc1. The maximum Gasteiger partial charge on any atom is 0.251 e. The second-order valence-corrected chi connectivity index (χ2v) is 9.36. The number of hydrogen-bond donors (Lipinski definition) is 4. The summed E-state index contributed by atoms with van der Waals surface area (Å²) in [5, 5.41) is 16.8. The van der Waals surface area contributed by atoms with Crippen LogP contribution in [0.2, 0.25) is 0 Å². The number of amides is 2. The first-order chi connectivity index (χ1) is 18.9. The fraction of sp³-hybridized carbons (Fsp3) is 0.241. The van der Waals surface area contributed by atoms with Crippen molar-refractivity contribution in [1.82, 2.24) is 26.1 Å². The van der Waals surface area contributed by atoms with E-state index in [0.717, 1.165) is 17.3 Å². The highest BCUT2D eigenvalue weighted by Crippen LogP contribution is 2.25. The number of halogens is 1. The van der Waals surface area contributed by atoms with Crippen molar-refractivity contribution in [3.8, 4) is 5.75 Å². The van der Waals surface area contributed by atoms with Gasteiger partial charge in [0.25, 0.3) is 11.8 Å². The van der Waals surface area contributed by atoms with E-state index in [1.807, 2.05) is 6.92 Å². The summed E-state index contributed by atoms with van der Waals surface area (Å²) in [5.41, 5.74) is 1.78. The summed E-state index contributed by atoms with van der Waals surface area (Å²) >= 11 is 0. The maximum atomic E-state index is 14.5. The molecule has 1 aromatic heterocycles. The number of benzene rings is 3. The van der Waals surface area contributed by atoms with Crippen molar-refractivity contribution in [2.75, 3.05) is 19.7 Å². The normalized spacial score (nSPS) is 16.7. The molecule has 0 spiro atoms. The van der Waals surface area contributed by atoms with Crippen molar-refractivity contribution in [1.29, 1.82) is 0 Å². The predicted octanol–water partition coefficient (Wildman–Crippen LogP) is 3.22. The third-order valence-electron chi connectivity index (χ3n) is 6.62. The second kappa shape index (κ2) is 11.4. The summed E-state index contributed by atoms with van der Waals surface area (Å²) < 4.78 is 20.1. The Morgan fingerprint density at radius 1 is 0.949 bits per heavy atom. The molecule has 9 nitrogen and oxygen atoms in total. The molecular weight excluding hydrogens is 501 g/mol. The summed E-state index contributed by atoms with van der Waals surface area (Å²) in [6.07, 6.45) is 2.37. The Bertz CT molecular complexity index is 1520. The third-order valence-corrected chi connectivity index (χ3v) is 6.62. The van der Waals surface area contributed by atoms with E-state index in [1.54, 1.807) is 30.5 Å². The minimum Gasteiger partial charge on any atom is -0.493 e. The quantitative estimate of drug-likeness (QED) is 0.247. The van der Waals surface area contributed by atoms with Gasteiger partial charge in [0.15, 0.2) is 5.78 Å². The molecule has 4 aromatic rings. The number of H-pyrrole nitrogens is 1. The molecule has 0 bridgehead atoms. The monoisotopic (exact) mass is 529 g/mol. The van der Waals surface area contributed by atoms with Gasteiger partial charge in [0.1, 0.15) is 17.1 Å². The highest BCUT2D eigenvalue weighted by Gasteiger charge is 2.30. The molecule has 0 unspecified atom stereocenters. The molecule has 200 valence electrons. The van der Waals surface area contributed by atoms with Gasteiger partial charge in [-0.2, -0.15) is 5.10 Å². The number of fused-ring (bicyclic) bond motifs is 1. The molecule has 1 aliphatic rings. The zero-order chi connectivity index (χ0) is 27.4. The number of nitrogens with one attached hydrogen (secondary N) is 4. The van der Waals surface area contributed by atoms with Gasteiger partial charge in [-0.15, -0.1) is 0 Å². The molecule has 2 amide bonds. The van der Waals surface area contributed by atoms with E-state index in [-0.39, 0.29) is 40.8 Å². The number of hydrogen-bond acceptors (Lipinski definition) is 6. The molecule has 1 aliphatic heterocycles. The highest BCUT2D eigenvalue weighted by molar-refractivity contribution is 6.11. The molecule has 0 radical (unpaired) electrons. The van der Waals surface area contributed by atoms with Gasteiger partial charge in [0, 0.05) is 35.2 Å². The summed E-state index contributed by atoms with van der Waals surface area (Å²) in [4.78, 5) is 38.9. The van der Waals surface area contributed by atoms with E-state index in [9.17, 15) is 18.8 Å². The fourth-order valence-corrected chi connectivity index (χ4v) is 4.54. The van der Waals surface area contributed by atoms with E-state index in [1.165, 1.54) is 36.4 Å². The Kier molecular flexibility index (Phi) is 7.64. The molecule has 5 rings (SSSR count). The number of carbonyl (C=O) groups is 3. The van der Waals surface area contributed by atoms with E-state index in [2.05, 4.69) is 26.1 Å². The average molecular weight is 530 g/mol. The van der Waals surface area contributed by atoms with Gasteiger partial charge in [-0.05, 0) is 48.9 Å². The van der Waals surface area contributed by atoms with Crippen molar-refractivity contribution in [2.24, 2.45) is 0 Å². The van der Waals surface area contributed by atoms with E-state index in [4.69, 9.17) is 4.74 Å². The molecule has 0 aliphatic carbocycles. The van der Waals surface area contributed by atoms with Gasteiger partial charge >= 0.3 is 0 Å². The maximum absolute atomic E-state index is 14.5. The van der Waals surface area contributed by atoms with Crippen LogP contribution in [-0.2, 0) is 0 Å². The number of ketones is 1. The lowest BCUT2D eigenvalue weighted by Gasteiger charge is -2.21. The van der Waals surface area contributed by atoms with Crippen molar-refractivity contribution in [2.45, 2.75) is 25.4 Å². The standard InChI is InChI=1S/C29H28FN5O4/c1-2-12-39-25-5-3-4-21(30)26(25)27(36)17-6-8-18(9-7-17)28(37)33-23-15-31-16-24(23)34-29(38)19-10-11-22-20(13-19)14-32-35-22/h3-11,13-14,23-24,31H,2,12,15-16H2,1H3,(H,32,35)(H,33,37)(H,34,38)/t23-,24-/m1/s1. The average Bonchev–Trinajstić information content (AvgIpc) is 3.60. The molecule has 3 aromatic carbocycles. The van der Waals surface area contributed by atoms with Gasteiger partial charge in [-0.25, -0.2) is 4.39 Å². The van der Waals surface area contributed by atoms with Gasteiger partial charge < -0.3 is 20.7 Å². The minimum absolute atomic E-state index is 0.134. The summed E-state index contributed by atoms with van der Waals surface area (Å²) in [7, 11) is 0. The smallest absolute Gasteiger partial charge is 0.251 e. The van der Waals surface area contributed by atoms with Crippen LogP contribution in [0.5, 0.6) is 5.75 Å². The largest absolute Gasteiger partial charge is 0.493 e. The van der Waals surface area contributed by atoms with Crippen molar-refractivity contribution >= 4 is 28.5 Å². The Morgan fingerprint density at radius 3 is 2.33 bits per heavy atom. The number of rotatable bonds is 9. The van der Waals surface area contributed by atoms with Crippen LogP contribution in [0.1, 0.15) is 50.0 Å². The summed E-state index contributed by atoms with van der Waals surface area (Å²) in [6.45, 7) is 3.27. The van der Waals surface area contributed by atoms with Crippen LogP contribution in [0.15, 0.2) is 66.9 Å². The van der Waals surface area contributed by atoms with Gasteiger partial charge in [-0.1, -0.05) is 25.1 Å². The lowest BCUT2D eigenvalue weighted by Crippen LogP contribution is -2.51.